The van der Waals surface area contributed by atoms with Crippen molar-refractivity contribution in [1.29, 1.82) is 0 Å². The van der Waals surface area contributed by atoms with Gasteiger partial charge in [0.1, 0.15) is 5.60 Å². The average Bonchev–Trinajstić information content (AvgIpc) is 2.91. The molecule has 1 aromatic heterocycles. The van der Waals surface area contributed by atoms with Crippen LogP contribution in [0.2, 0.25) is 0 Å². The van der Waals surface area contributed by atoms with Gasteiger partial charge in [0.2, 0.25) is 5.91 Å². The first-order chi connectivity index (χ1) is 12.9. The third-order valence-electron chi connectivity index (χ3n) is 4.05. The minimum Gasteiger partial charge on any atom is -0.443 e. The van der Waals surface area contributed by atoms with E-state index in [9.17, 15) is 18.0 Å². The smallest absolute Gasteiger partial charge is 0.419 e. The van der Waals surface area contributed by atoms with Crippen molar-refractivity contribution in [1.82, 2.24) is 9.88 Å². The number of sulfone groups is 1. The topological polar surface area (TPSA) is 94.5 Å². The quantitative estimate of drug-likeness (QED) is 0.791. The number of nitrogens with zero attached hydrogens (tertiary/aromatic N) is 1. The van der Waals surface area contributed by atoms with Crippen LogP contribution in [0, 0.1) is 0 Å². The van der Waals surface area contributed by atoms with Crippen LogP contribution in [0.4, 0.5) is 4.79 Å². The number of rotatable bonds is 6. The highest BCUT2D eigenvalue weighted by atomic mass is 32.2. The lowest BCUT2D eigenvalue weighted by Gasteiger charge is -2.19. The number of carbonyl (C=O) groups excluding carboxylic acids is 2. The van der Waals surface area contributed by atoms with Gasteiger partial charge in [0.15, 0.2) is 9.84 Å². The van der Waals surface area contributed by atoms with Crippen molar-refractivity contribution in [2.45, 2.75) is 58.0 Å². The molecule has 0 aliphatic heterocycles. The molecule has 0 aliphatic rings. The van der Waals surface area contributed by atoms with Crippen molar-refractivity contribution in [2.75, 3.05) is 12.3 Å². The zero-order chi connectivity index (χ0) is 21.1. The van der Waals surface area contributed by atoms with Crippen LogP contribution >= 0.6 is 0 Å². The Morgan fingerprint density at radius 3 is 2.46 bits per heavy atom. The van der Waals surface area contributed by atoms with Gasteiger partial charge in [0.05, 0.1) is 16.2 Å². The Balaban J connectivity index is 2.53. The third kappa shape index (κ3) is 5.34. The minimum absolute atomic E-state index is 0.0620. The van der Waals surface area contributed by atoms with E-state index in [4.69, 9.17) is 4.74 Å². The Labute approximate surface area is 166 Å². The number of aromatic nitrogens is 1. The zero-order valence-corrected chi connectivity index (χ0v) is 17.9. The second-order valence-corrected chi connectivity index (χ2v) is 9.84. The maximum absolute atomic E-state index is 12.6. The zero-order valence-electron chi connectivity index (χ0n) is 17.0. The molecule has 1 N–H and O–H groups in total. The molecule has 0 fully saturated rings. The van der Waals surface area contributed by atoms with Crippen LogP contribution < -0.4 is 5.32 Å². The van der Waals surface area contributed by atoms with Gasteiger partial charge in [-0.25, -0.2) is 13.2 Å². The monoisotopic (exact) mass is 408 g/mol. The fourth-order valence-electron chi connectivity index (χ4n) is 2.89. The van der Waals surface area contributed by atoms with Crippen LogP contribution in [-0.4, -0.2) is 42.9 Å². The predicted molar refractivity (Wildman–Crippen MR) is 108 cm³/mol. The highest BCUT2D eigenvalue weighted by Gasteiger charge is 2.22. The Kier molecular flexibility index (Phi) is 6.54. The van der Waals surface area contributed by atoms with E-state index >= 15 is 0 Å². The van der Waals surface area contributed by atoms with Crippen molar-refractivity contribution in [3.8, 4) is 0 Å². The molecule has 0 saturated heterocycles. The summed E-state index contributed by atoms with van der Waals surface area (Å²) in [6.07, 6.45) is 2.10. The molecule has 154 valence electrons. The van der Waals surface area contributed by atoms with Crippen LogP contribution in [0.15, 0.2) is 29.3 Å². The van der Waals surface area contributed by atoms with E-state index in [1.165, 1.54) is 17.6 Å². The molecule has 0 atom stereocenters. The van der Waals surface area contributed by atoms with Gasteiger partial charge in [-0.15, -0.1) is 0 Å². The Bertz CT molecular complexity index is 984. The van der Waals surface area contributed by atoms with Crippen LogP contribution in [0.1, 0.15) is 46.6 Å². The molecule has 0 radical (unpaired) electrons. The van der Waals surface area contributed by atoms with E-state index in [1.54, 1.807) is 39.1 Å². The summed E-state index contributed by atoms with van der Waals surface area (Å²) in [5, 5.41) is 3.38. The number of hydrogen-bond acceptors (Lipinski definition) is 5. The van der Waals surface area contributed by atoms with Gasteiger partial charge in [-0.05, 0) is 57.4 Å². The average molecular weight is 409 g/mol. The second kappa shape index (κ2) is 8.34. The summed E-state index contributed by atoms with van der Waals surface area (Å²) in [5.41, 5.74) is 0.680. The van der Waals surface area contributed by atoms with Crippen molar-refractivity contribution < 1.29 is 22.7 Å². The van der Waals surface area contributed by atoms with E-state index in [0.717, 1.165) is 5.56 Å². The predicted octanol–water partition coefficient (Wildman–Crippen LogP) is 3.29. The molecule has 2 rings (SSSR count). The number of hydrogen-bond donors (Lipinski definition) is 1. The third-order valence-corrected chi connectivity index (χ3v) is 5.97. The lowest BCUT2D eigenvalue weighted by atomic mass is 10.1. The van der Waals surface area contributed by atoms with Gasteiger partial charge in [-0.3, -0.25) is 9.36 Å². The van der Waals surface area contributed by atoms with Crippen LogP contribution in [-0.2, 0) is 25.8 Å². The number of carbonyl (C=O) groups is 2. The van der Waals surface area contributed by atoms with Crippen molar-refractivity contribution in [3.63, 3.8) is 0 Å². The largest absolute Gasteiger partial charge is 0.443 e. The summed E-state index contributed by atoms with van der Waals surface area (Å²) in [6, 6.07) is 4.75. The van der Waals surface area contributed by atoms with Crippen LogP contribution in [0.5, 0.6) is 0 Å². The Morgan fingerprint density at radius 2 is 1.89 bits per heavy atom. The lowest BCUT2D eigenvalue weighted by Crippen LogP contribution is -2.26. The molecule has 1 amide bonds. The lowest BCUT2D eigenvalue weighted by molar-refractivity contribution is -0.118. The molecule has 2 aromatic rings. The van der Waals surface area contributed by atoms with Gasteiger partial charge in [0, 0.05) is 25.1 Å². The van der Waals surface area contributed by atoms with Gasteiger partial charge in [0.25, 0.3) is 0 Å². The summed E-state index contributed by atoms with van der Waals surface area (Å²) in [4.78, 5) is 24.0. The first-order valence-corrected chi connectivity index (χ1v) is 10.9. The normalized spacial score (nSPS) is 12.2. The summed E-state index contributed by atoms with van der Waals surface area (Å²) in [5.74, 6) is -0.0888. The van der Waals surface area contributed by atoms with E-state index in [1.807, 2.05) is 6.92 Å². The van der Waals surface area contributed by atoms with E-state index in [0.29, 0.717) is 30.3 Å². The SMILES string of the molecule is CCCS(=O)(=O)c1ccc2c(c1)c(CCNC(C)=O)cn2C(=O)OC(C)(C)C. The standard InChI is InChI=1S/C20H28N2O5S/c1-6-11-28(25,26)16-7-8-18-17(12-16)15(9-10-21-14(2)23)13-22(18)19(24)27-20(3,4)5/h7-8,12-13H,6,9-11H2,1-5H3,(H,21,23). The Morgan fingerprint density at radius 1 is 1.21 bits per heavy atom. The van der Waals surface area contributed by atoms with Gasteiger partial charge < -0.3 is 10.1 Å². The molecule has 0 bridgehead atoms. The first kappa shape index (κ1) is 21.9. The number of fused-ring (bicyclic) bond motifs is 1. The molecular weight excluding hydrogens is 380 g/mol. The molecule has 0 spiro atoms. The fourth-order valence-corrected chi connectivity index (χ4v) is 4.24. The van der Waals surface area contributed by atoms with Gasteiger partial charge in [-0.1, -0.05) is 6.92 Å². The summed E-state index contributed by atoms with van der Waals surface area (Å²) >= 11 is 0. The summed E-state index contributed by atoms with van der Waals surface area (Å²) in [7, 11) is -3.39. The summed E-state index contributed by atoms with van der Waals surface area (Å²) in [6.45, 7) is 8.97. The van der Waals surface area contributed by atoms with Gasteiger partial charge >= 0.3 is 6.09 Å². The maximum Gasteiger partial charge on any atom is 0.419 e. The van der Waals surface area contributed by atoms with E-state index < -0.39 is 21.5 Å². The molecule has 0 aliphatic carbocycles. The molecule has 7 nitrogen and oxygen atoms in total. The molecule has 0 saturated carbocycles. The van der Waals surface area contributed by atoms with E-state index in [-0.39, 0.29) is 16.6 Å². The number of ether oxygens (including phenoxy) is 1. The number of nitrogens with one attached hydrogen (secondary N) is 1. The maximum atomic E-state index is 12.6. The van der Waals surface area contributed by atoms with Crippen LogP contribution in [0.25, 0.3) is 10.9 Å². The van der Waals surface area contributed by atoms with Crippen molar-refractivity contribution in [2.24, 2.45) is 0 Å². The molecule has 0 unspecified atom stereocenters. The highest BCUT2D eigenvalue weighted by molar-refractivity contribution is 7.91. The molecule has 8 heteroatoms. The fraction of sp³-hybridized carbons (Fsp3) is 0.500. The van der Waals surface area contributed by atoms with Gasteiger partial charge in [-0.2, -0.15) is 0 Å². The number of benzene rings is 1. The Hall–Kier alpha value is -2.35. The number of amides is 1. The molecule has 1 heterocycles. The summed E-state index contributed by atoms with van der Waals surface area (Å²) < 4.78 is 31.8. The van der Waals surface area contributed by atoms with Crippen molar-refractivity contribution in [3.05, 3.63) is 30.0 Å². The van der Waals surface area contributed by atoms with Crippen LogP contribution in [0.3, 0.4) is 0 Å². The van der Waals surface area contributed by atoms with Crippen molar-refractivity contribution >= 4 is 32.7 Å². The highest BCUT2D eigenvalue weighted by Crippen LogP contribution is 2.27. The molecule has 1 aromatic carbocycles. The van der Waals surface area contributed by atoms with E-state index in [2.05, 4.69) is 5.32 Å². The first-order valence-electron chi connectivity index (χ1n) is 9.29. The molecule has 28 heavy (non-hydrogen) atoms. The second-order valence-electron chi connectivity index (χ2n) is 7.74. The minimum atomic E-state index is -3.39. The molecular formula is C20H28N2O5S.